The van der Waals surface area contributed by atoms with Crippen molar-refractivity contribution in [3.8, 4) is 0 Å². The largest absolute Gasteiger partial charge is 0.399 e. The van der Waals surface area contributed by atoms with Crippen molar-refractivity contribution in [1.82, 2.24) is 10.2 Å². The van der Waals surface area contributed by atoms with Crippen LogP contribution in [0.15, 0.2) is 36.4 Å². The van der Waals surface area contributed by atoms with Gasteiger partial charge in [-0.25, -0.2) is 0 Å². The molecule has 0 saturated carbocycles. The molecule has 17 heavy (non-hydrogen) atoms. The lowest BCUT2D eigenvalue weighted by atomic mass is 10.2. The fourth-order valence-electron chi connectivity index (χ4n) is 1.59. The summed E-state index contributed by atoms with van der Waals surface area (Å²) in [6.07, 6.45) is 0.898. The van der Waals surface area contributed by atoms with Crippen LogP contribution in [0.5, 0.6) is 0 Å². The van der Waals surface area contributed by atoms with Gasteiger partial charge in [-0.3, -0.25) is 0 Å². The van der Waals surface area contributed by atoms with Crippen LogP contribution in [0.4, 0.5) is 17.2 Å². The third-order valence-corrected chi connectivity index (χ3v) is 2.67. The number of nitrogens with zero attached hydrogens (tertiary/aromatic N) is 3. The number of nitrogens with two attached hydrogens (primary N) is 1. The quantitative estimate of drug-likeness (QED) is 0.819. The van der Waals surface area contributed by atoms with Gasteiger partial charge >= 0.3 is 0 Å². The zero-order chi connectivity index (χ0) is 12.3. The summed E-state index contributed by atoms with van der Waals surface area (Å²) in [5.41, 5.74) is 8.50. The van der Waals surface area contributed by atoms with Crippen LogP contribution in [-0.2, 0) is 6.42 Å². The molecular weight excluding hydrogens is 212 g/mol. The van der Waals surface area contributed by atoms with Gasteiger partial charge in [0.05, 0.1) is 5.69 Å². The summed E-state index contributed by atoms with van der Waals surface area (Å²) in [6.45, 7) is 2.06. The van der Waals surface area contributed by atoms with E-state index in [1.807, 2.05) is 48.3 Å². The molecule has 2 N–H and O–H groups in total. The highest BCUT2D eigenvalue weighted by Gasteiger charge is 2.05. The van der Waals surface area contributed by atoms with Gasteiger partial charge in [0.1, 0.15) is 0 Å². The van der Waals surface area contributed by atoms with E-state index in [-0.39, 0.29) is 0 Å². The van der Waals surface area contributed by atoms with E-state index in [1.165, 1.54) is 0 Å². The fourth-order valence-corrected chi connectivity index (χ4v) is 1.59. The van der Waals surface area contributed by atoms with E-state index < -0.39 is 0 Å². The predicted octanol–water partition coefficient (Wildman–Crippen LogP) is 2.39. The van der Waals surface area contributed by atoms with Crippen LogP contribution in [0.1, 0.15) is 12.6 Å². The van der Waals surface area contributed by atoms with Crippen molar-refractivity contribution < 1.29 is 0 Å². The molecule has 1 aromatic carbocycles. The van der Waals surface area contributed by atoms with Gasteiger partial charge in [-0.2, -0.15) is 5.10 Å². The summed E-state index contributed by atoms with van der Waals surface area (Å²) in [7, 11) is 1.95. The Hall–Kier alpha value is -2.10. The standard InChI is InChI=1S/C13H16N4/c1-3-11-7-8-13(16-15-11)17(2)12-6-4-5-10(14)9-12/h4-9H,3,14H2,1-2H3. The summed E-state index contributed by atoms with van der Waals surface area (Å²) < 4.78 is 0. The third-order valence-electron chi connectivity index (χ3n) is 2.67. The molecular formula is C13H16N4. The van der Waals surface area contributed by atoms with Crippen LogP contribution in [0.3, 0.4) is 0 Å². The number of hydrogen-bond donors (Lipinski definition) is 1. The van der Waals surface area contributed by atoms with E-state index in [9.17, 15) is 0 Å². The average Bonchev–Trinajstić information content (AvgIpc) is 2.38. The molecule has 2 aromatic rings. The van der Waals surface area contributed by atoms with Gasteiger partial charge < -0.3 is 10.6 Å². The van der Waals surface area contributed by atoms with E-state index in [0.29, 0.717) is 0 Å². The molecule has 0 aliphatic carbocycles. The van der Waals surface area contributed by atoms with Crippen LogP contribution in [-0.4, -0.2) is 17.2 Å². The molecule has 0 bridgehead atoms. The van der Waals surface area contributed by atoms with Gasteiger partial charge in [0.25, 0.3) is 0 Å². The van der Waals surface area contributed by atoms with Gasteiger partial charge in [0.15, 0.2) is 5.82 Å². The summed E-state index contributed by atoms with van der Waals surface area (Å²) >= 11 is 0. The Morgan fingerprint density at radius 3 is 2.59 bits per heavy atom. The average molecular weight is 228 g/mol. The second kappa shape index (κ2) is 4.82. The molecule has 0 aliphatic heterocycles. The first-order valence-corrected chi connectivity index (χ1v) is 5.62. The first kappa shape index (κ1) is 11.4. The molecule has 88 valence electrons. The van der Waals surface area contributed by atoms with Crippen molar-refractivity contribution in [2.75, 3.05) is 17.7 Å². The van der Waals surface area contributed by atoms with Crippen molar-refractivity contribution in [2.45, 2.75) is 13.3 Å². The highest BCUT2D eigenvalue weighted by molar-refractivity contribution is 5.63. The maximum Gasteiger partial charge on any atom is 0.155 e. The normalized spacial score (nSPS) is 10.2. The maximum atomic E-state index is 5.76. The maximum absolute atomic E-state index is 5.76. The van der Waals surface area contributed by atoms with E-state index in [0.717, 1.165) is 29.3 Å². The van der Waals surface area contributed by atoms with Gasteiger partial charge in [-0.15, -0.1) is 5.10 Å². The molecule has 0 radical (unpaired) electrons. The molecule has 0 atom stereocenters. The Bertz CT molecular complexity index is 493. The van der Waals surface area contributed by atoms with Crippen molar-refractivity contribution in [2.24, 2.45) is 0 Å². The van der Waals surface area contributed by atoms with Crippen molar-refractivity contribution >= 4 is 17.2 Å². The minimum Gasteiger partial charge on any atom is -0.399 e. The molecule has 0 saturated heterocycles. The Labute approximate surface area is 101 Å². The van der Waals surface area contributed by atoms with Crippen LogP contribution >= 0.6 is 0 Å². The molecule has 0 aliphatic rings. The minimum absolute atomic E-state index is 0.743. The molecule has 2 rings (SSSR count). The van der Waals surface area contributed by atoms with Gasteiger partial charge in [0, 0.05) is 18.4 Å². The first-order chi connectivity index (χ1) is 8.20. The Kier molecular flexibility index (Phi) is 3.23. The van der Waals surface area contributed by atoms with E-state index >= 15 is 0 Å². The lowest BCUT2D eigenvalue weighted by Gasteiger charge is -2.18. The van der Waals surface area contributed by atoms with E-state index in [2.05, 4.69) is 17.1 Å². The third kappa shape index (κ3) is 2.53. The van der Waals surface area contributed by atoms with E-state index in [1.54, 1.807) is 0 Å². The van der Waals surface area contributed by atoms with Crippen LogP contribution in [0.25, 0.3) is 0 Å². The van der Waals surface area contributed by atoms with Gasteiger partial charge in [0.2, 0.25) is 0 Å². The topological polar surface area (TPSA) is 55.0 Å². The number of anilines is 3. The van der Waals surface area contributed by atoms with E-state index in [4.69, 9.17) is 5.73 Å². The molecule has 4 heteroatoms. The van der Waals surface area contributed by atoms with Crippen molar-refractivity contribution in [3.63, 3.8) is 0 Å². The molecule has 4 nitrogen and oxygen atoms in total. The Balaban J connectivity index is 2.27. The minimum atomic E-state index is 0.743. The molecule has 1 heterocycles. The fraction of sp³-hybridized carbons (Fsp3) is 0.231. The summed E-state index contributed by atoms with van der Waals surface area (Å²) in [6, 6.07) is 11.7. The Morgan fingerprint density at radius 2 is 2.00 bits per heavy atom. The first-order valence-electron chi connectivity index (χ1n) is 5.62. The number of rotatable bonds is 3. The molecule has 0 amide bonds. The summed E-state index contributed by atoms with van der Waals surface area (Å²) in [4.78, 5) is 1.96. The zero-order valence-corrected chi connectivity index (χ0v) is 10.1. The predicted molar refractivity (Wildman–Crippen MR) is 70.3 cm³/mol. The second-order valence-electron chi connectivity index (χ2n) is 3.89. The zero-order valence-electron chi connectivity index (χ0n) is 10.1. The Morgan fingerprint density at radius 1 is 1.18 bits per heavy atom. The number of benzene rings is 1. The lowest BCUT2D eigenvalue weighted by Crippen LogP contribution is -2.12. The number of aryl methyl sites for hydroxylation is 1. The monoisotopic (exact) mass is 228 g/mol. The lowest BCUT2D eigenvalue weighted by molar-refractivity contribution is 0.904. The smallest absolute Gasteiger partial charge is 0.155 e. The highest BCUT2D eigenvalue weighted by Crippen LogP contribution is 2.22. The molecule has 0 fully saturated rings. The molecule has 1 aromatic heterocycles. The van der Waals surface area contributed by atoms with Crippen molar-refractivity contribution in [3.05, 3.63) is 42.1 Å². The SMILES string of the molecule is CCc1ccc(N(C)c2cccc(N)c2)nn1. The summed E-state index contributed by atoms with van der Waals surface area (Å²) in [5.74, 6) is 0.813. The van der Waals surface area contributed by atoms with Crippen LogP contribution in [0.2, 0.25) is 0 Å². The number of hydrogen-bond acceptors (Lipinski definition) is 4. The molecule has 0 spiro atoms. The molecule has 0 unspecified atom stereocenters. The van der Waals surface area contributed by atoms with Crippen LogP contribution < -0.4 is 10.6 Å². The van der Waals surface area contributed by atoms with Crippen LogP contribution in [0, 0.1) is 0 Å². The van der Waals surface area contributed by atoms with Crippen molar-refractivity contribution in [1.29, 1.82) is 0 Å². The highest BCUT2D eigenvalue weighted by atomic mass is 15.2. The second-order valence-corrected chi connectivity index (χ2v) is 3.89. The number of aromatic nitrogens is 2. The number of nitrogen functional groups attached to an aromatic ring is 1. The summed E-state index contributed by atoms with van der Waals surface area (Å²) in [5, 5.41) is 8.33. The van der Waals surface area contributed by atoms with Gasteiger partial charge in [-0.1, -0.05) is 13.0 Å². The van der Waals surface area contributed by atoms with Gasteiger partial charge in [-0.05, 0) is 36.8 Å².